The van der Waals surface area contributed by atoms with Gasteiger partial charge in [0.05, 0.1) is 12.1 Å². The summed E-state index contributed by atoms with van der Waals surface area (Å²) in [5.41, 5.74) is 4.59. The Morgan fingerprint density at radius 1 is 1.54 bits per heavy atom. The van der Waals surface area contributed by atoms with Gasteiger partial charge in [0, 0.05) is 6.92 Å². The molecule has 0 saturated carbocycles. The van der Waals surface area contributed by atoms with Gasteiger partial charge >= 0.3 is 5.97 Å². The zero-order chi connectivity index (χ0) is 10.5. The minimum atomic E-state index is -1.10. The van der Waals surface area contributed by atoms with Crippen LogP contribution < -0.4 is 11.1 Å². The van der Waals surface area contributed by atoms with E-state index in [0.29, 0.717) is 6.42 Å². The Morgan fingerprint density at radius 2 is 2.08 bits per heavy atom. The van der Waals surface area contributed by atoms with Crippen molar-refractivity contribution in [3.8, 4) is 0 Å². The van der Waals surface area contributed by atoms with Gasteiger partial charge in [-0.15, -0.1) is 0 Å². The first-order valence-electron chi connectivity index (χ1n) is 4.19. The number of amides is 1. The maximum atomic E-state index is 10.7. The Bertz CT molecular complexity index is 188. The van der Waals surface area contributed by atoms with Gasteiger partial charge in [0.25, 0.3) is 0 Å². The molecular weight excluding hydrogens is 172 g/mol. The third-order valence-corrected chi connectivity index (χ3v) is 1.59. The van der Waals surface area contributed by atoms with Crippen molar-refractivity contribution in [2.24, 2.45) is 5.73 Å². The molecule has 4 N–H and O–H groups in total. The minimum Gasteiger partial charge on any atom is -0.481 e. The number of aliphatic carboxylic acids is 1. The second kappa shape index (κ2) is 4.81. The van der Waals surface area contributed by atoms with Crippen molar-refractivity contribution in [3.05, 3.63) is 0 Å². The first kappa shape index (κ1) is 11.9. The molecule has 5 nitrogen and oxygen atoms in total. The van der Waals surface area contributed by atoms with Crippen LogP contribution in [0.25, 0.3) is 0 Å². The Hall–Kier alpha value is -1.10. The van der Waals surface area contributed by atoms with E-state index >= 15 is 0 Å². The SMILES string of the molecule is CCCC(N)(CC(=O)O)NC(C)=O. The number of nitrogens with one attached hydrogen (secondary N) is 1. The molecular formula is C8H16N2O3. The quantitative estimate of drug-likeness (QED) is 0.531. The van der Waals surface area contributed by atoms with E-state index in [4.69, 9.17) is 10.8 Å². The van der Waals surface area contributed by atoms with E-state index in [2.05, 4.69) is 5.32 Å². The van der Waals surface area contributed by atoms with Gasteiger partial charge in [0.15, 0.2) is 0 Å². The van der Waals surface area contributed by atoms with E-state index in [1.807, 2.05) is 6.92 Å². The van der Waals surface area contributed by atoms with Crippen LogP contribution in [0.15, 0.2) is 0 Å². The molecule has 0 heterocycles. The predicted molar refractivity (Wildman–Crippen MR) is 47.9 cm³/mol. The van der Waals surface area contributed by atoms with E-state index in [1.54, 1.807) is 0 Å². The van der Waals surface area contributed by atoms with Crippen molar-refractivity contribution in [3.63, 3.8) is 0 Å². The molecule has 0 aromatic carbocycles. The molecule has 0 aliphatic heterocycles. The fraction of sp³-hybridized carbons (Fsp3) is 0.750. The maximum Gasteiger partial charge on any atom is 0.307 e. The normalized spacial score (nSPS) is 14.7. The topological polar surface area (TPSA) is 92.4 Å². The molecule has 0 saturated heterocycles. The fourth-order valence-corrected chi connectivity index (χ4v) is 1.26. The molecule has 1 amide bonds. The van der Waals surface area contributed by atoms with Crippen molar-refractivity contribution >= 4 is 11.9 Å². The lowest BCUT2D eigenvalue weighted by molar-refractivity contribution is -0.139. The Morgan fingerprint density at radius 3 is 2.38 bits per heavy atom. The molecule has 0 bridgehead atoms. The van der Waals surface area contributed by atoms with Crippen LogP contribution in [0.3, 0.4) is 0 Å². The first-order chi connectivity index (χ1) is 5.89. The van der Waals surface area contributed by atoms with E-state index in [0.717, 1.165) is 6.42 Å². The molecule has 13 heavy (non-hydrogen) atoms. The molecule has 0 aromatic heterocycles. The zero-order valence-corrected chi connectivity index (χ0v) is 7.96. The number of carbonyl (C=O) groups excluding carboxylic acids is 1. The summed E-state index contributed by atoms with van der Waals surface area (Å²) in [5.74, 6) is -1.32. The van der Waals surface area contributed by atoms with Crippen LogP contribution in [-0.2, 0) is 9.59 Å². The van der Waals surface area contributed by atoms with Gasteiger partial charge in [-0.2, -0.15) is 0 Å². The van der Waals surface area contributed by atoms with Gasteiger partial charge in [0.2, 0.25) is 5.91 Å². The zero-order valence-electron chi connectivity index (χ0n) is 7.96. The molecule has 1 atom stereocenters. The number of hydrogen-bond acceptors (Lipinski definition) is 3. The monoisotopic (exact) mass is 188 g/mol. The highest BCUT2D eigenvalue weighted by Crippen LogP contribution is 2.10. The third kappa shape index (κ3) is 5.19. The second-order valence-corrected chi connectivity index (χ2v) is 3.16. The summed E-state index contributed by atoms with van der Waals surface area (Å²) in [4.78, 5) is 21.2. The van der Waals surface area contributed by atoms with E-state index in [-0.39, 0.29) is 12.3 Å². The van der Waals surface area contributed by atoms with Crippen LogP contribution in [0.2, 0.25) is 0 Å². The number of carboxylic acids is 1. The summed E-state index contributed by atoms with van der Waals surface area (Å²) in [6.07, 6.45) is 0.934. The van der Waals surface area contributed by atoms with Crippen molar-refractivity contribution in [2.45, 2.75) is 38.8 Å². The number of hydrogen-bond donors (Lipinski definition) is 3. The molecule has 0 fully saturated rings. The standard InChI is InChI=1S/C8H16N2O3/c1-3-4-8(9,5-7(12)13)10-6(2)11/h3-5,9H2,1-2H3,(H,10,11)(H,12,13). The van der Waals surface area contributed by atoms with Crippen molar-refractivity contribution in [1.82, 2.24) is 5.32 Å². The summed E-state index contributed by atoms with van der Waals surface area (Å²) in [6, 6.07) is 0. The van der Waals surface area contributed by atoms with Gasteiger partial charge in [-0.25, -0.2) is 0 Å². The minimum absolute atomic E-state index is 0.250. The lowest BCUT2D eigenvalue weighted by atomic mass is 10.0. The van der Waals surface area contributed by atoms with E-state index in [1.165, 1.54) is 6.92 Å². The van der Waals surface area contributed by atoms with Crippen LogP contribution in [0, 0.1) is 0 Å². The number of carboxylic acid groups (broad SMARTS) is 1. The first-order valence-corrected chi connectivity index (χ1v) is 4.19. The Labute approximate surface area is 77.3 Å². The van der Waals surface area contributed by atoms with Crippen molar-refractivity contribution in [1.29, 1.82) is 0 Å². The lowest BCUT2D eigenvalue weighted by Crippen LogP contribution is -2.56. The molecule has 0 aromatic rings. The van der Waals surface area contributed by atoms with Gasteiger partial charge in [-0.1, -0.05) is 13.3 Å². The highest BCUT2D eigenvalue weighted by Gasteiger charge is 2.27. The summed E-state index contributed by atoms with van der Waals surface area (Å²) in [5, 5.41) is 11.0. The maximum absolute atomic E-state index is 10.7. The number of nitrogens with two attached hydrogens (primary N) is 1. The Kier molecular flexibility index (Phi) is 4.40. The van der Waals surface area contributed by atoms with Crippen molar-refractivity contribution in [2.75, 3.05) is 0 Å². The molecule has 76 valence electrons. The average molecular weight is 188 g/mol. The third-order valence-electron chi connectivity index (χ3n) is 1.59. The lowest BCUT2D eigenvalue weighted by Gasteiger charge is -2.28. The van der Waals surface area contributed by atoms with Gasteiger partial charge in [-0.05, 0) is 6.42 Å². The summed E-state index contributed by atoms with van der Waals surface area (Å²) in [6.45, 7) is 3.20. The van der Waals surface area contributed by atoms with Gasteiger partial charge < -0.3 is 16.2 Å². The number of rotatable bonds is 5. The van der Waals surface area contributed by atoms with Crippen molar-refractivity contribution < 1.29 is 14.7 Å². The van der Waals surface area contributed by atoms with Crippen LogP contribution >= 0.6 is 0 Å². The largest absolute Gasteiger partial charge is 0.481 e. The van der Waals surface area contributed by atoms with E-state index in [9.17, 15) is 9.59 Å². The molecule has 5 heteroatoms. The molecule has 1 unspecified atom stereocenters. The molecule has 0 radical (unpaired) electrons. The molecule has 0 spiro atoms. The number of carbonyl (C=O) groups is 2. The van der Waals surface area contributed by atoms with Crippen LogP contribution in [0.4, 0.5) is 0 Å². The van der Waals surface area contributed by atoms with Crippen LogP contribution in [0.1, 0.15) is 33.1 Å². The molecule has 0 aliphatic carbocycles. The summed E-state index contributed by atoms with van der Waals surface area (Å²) >= 11 is 0. The average Bonchev–Trinajstić information content (AvgIpc) is 1.81. The van der Waals surface area contributed by atoms with Gasteiger partial charge in [-0.3, -0.25) is 9.59 Å². The highest BCUT2D eigenvalue weighted by molar-refractivity contribution is 5.75. The summed E-state index contributed by atoms with van der Waals surface area (Å²) < 4.78 is 0. The predicted octanol–water partition coefficient (Wildman–Crippen LogP) is 0.0523. The summed E-state index contributed by atoms with van der Waals surface area (Å²) in [7, 11) is 0. The molecule has 0 rings (SSSR count). The molecule has 0 aliphatic rings. The highest BCUT2D eigenvalue weighted by atomic mass is 16.4. The smallest absolute Gasteiger partial charge is 0.307 e. The van der Waals surface area contributed by atoms with Crippen LogP contribution in [0.5, 0.6) is 0 Å². The van der Waals surface area contributed by atoms with Gasteiger partial charge in [0.1, 0.15) is 0 Å². The second-order valence-electron chi connectivity index (χ2n) is 3.16. The van der Waals surface area contributed by atoms with Crippen LogP contribution in [-0.4, -0.2) is 22.6 Å². The fourth-order valence-electron chi connectivity index (χ4n) is 1.26. The Balaban J connectivity index is 4.32. The van der Waals surface area contributed by atoms with E-state index < -0.39 is 11.6 Å².